The predicted octanol–water partition coefficient (Wildman–Crippen LogP) is 3.01. The molecule has 92 valence electrons. The average molecular weight is 273 g/mol. The van der Waals surface area contributed by atoms with E-state index < -0.39 is 0 Å². The van der Waals surface area contributed by atoms with Gasteiger partial charge in [0, 0.05) is 0 Å². The van der Waals surface area contributed by atoms with E-state index in [9.17, 15) is 4.79 Å². The van der Waals surface area contributed by atoms with E-state index in [0.717, 1.165) is 6.42 Å². The molecule has 1 heterocycles. The van der Waals surface area contributed by atoms with Crippen LogP contribution in [-0.4, -0.2) is 29.1 Å². The Hall–Kier alpha value is -1.07. The van der Waals surface area contributed by atoms with Gasteiger partial charge in [-0.05, 0) is 18.8 Å². The molecule has 0 N–H and O–H groups in total. The van der Waals surface area contributed by atoms with Crippen molar-refractivity contribution in [2.45, 2.75) is 18.5 Å². The number of hydrogen-bond donors (Lipinski definition) is 0. The molecule has 0 amide bonds. The number of thioether (sulfide) groups is 1. The van der Waals surface area contributed by atoms with Gasteiger partial charge in [-0.1, -0.05) is 36.4 Å². The van der Waals surface area contributed by atoms with Crippen molar-refractivity contribution >= 4 is 29.1 Å². The van der Waals surface area contributed by atoms with Gasteiger partial charge in [-0.3, -0.25) is 4.79 Å². The third kappa shape index (κ3) is 3.44. The monoisotopic (exact) mass is 272 g/mol. The number of carbonyl (C=O) groups is 1. The molecule has 6 heteroatoms. The molecule has 0 bridgehead atoms. The first kappa shape index (κ1) is 14.0. The highest BCUT2D eigenvalue weighted by Crippen LogP contribution is 2.26. The lowest BCUT2D eigenvalue weighted by atomic mass is 10.2. The number of rotatable bonds is 5. The summed E-state index contributed by atoms with van der Waals surface area (Å²) < 4.78 is 5.07. The molecule has 4 nitrogen and oxygen atoms in total. The maximum atomic E-state index is 11.9. The highest BCUT2D eigenvalue weighted by atomic mass is 35.5. The van der Waals surface area contributed by atoms with Gasteiger partial charge in [0.2, 0.25) is 5.88 Å². The third-order valence-electron chi connectivity index (χ3n) is 1.94. The van der Waals surface area contributed by atoms with Crippen molar-refractivity contribution < 1.29 is 9.53 Å². The number of ether oxygens (including phenoxy) is 1. The Morgan fingerprint density at radius 1 is 1.53 bits per heavy atom. The van der Waals surface area contributed by atoms with E-state index in [0.29, 0.717) is 5.16 Å². The van der Waals surface area contributed by atoms with Gasteiger partial charge in [0.25, 0.3) is 0 Å². The van der Waals surface area contributed by atoms with E-state index in [1.54, 1.807) is 6.08 Å². The molecule has 0 saturated heterocycles. The Labute approximate surface area is 109 Å². The Kier molecular flexibility index (Phi) is 5.44. The maximum absolute atomic E-state index is 11.9. The lowest BCUT2D eigenvalue weighted by molar-refractivity contribution is 0.104. The van der Waals surface area contributed by atoms with E-state index in [-0.39, 0.29) is 22.4 Å². The highest BCUT2D eigenvalue weighted by Gasteiger charge is 2.18. The first-order chi connectivity index (χ1) is 8.13. The molecular formula is C11H13ClN2O2S. The molecule has 0 aromatic carbocycles. The fraction of sp³-hybridized carbons (Fsp3) is 0.364. The van der Waals surface area contributed by atoms with Gasteiger partial charge in [0.05, 0.1) is 7.11 Å². The summed E-state index contributed by atoms with van der Waals surface area (Å²) in [6, 6.07) is 0. The summed E-state index contributed by atoms with van der Waals surface area (Å²) in [4.78, 5) is 20.0. The van der Waals surface area contributed by atoms with Crippen molar-refractivity contribution in [2.75, 3.05) is 13.4 Å². The number of carbonyl (C=O) groups excluding carboxylic acids is 1. The molecule has 1 rings (SSSR count). The van der Waals surface area contributed by atoms with Gasteiger partial charge >= 0.3 is 0 Å². The zero-order valence-corrected chi connectivity index (χ0v) is 11.4. The molecular weight excluding hydrogens is 260 g/mol. The highest BCUT2D eigenvalue weighted by molar-refractivity contribution is 7.98. The molecule has 0 fully saturated rings. The van der Waals surface area contributed by atoms with Crippen LogP contribution < -0.4 is 4.74 Å². The van der Waals surface area contributed by atoms with Crippen LogP contribution in [0, 0.1) is 0 Å². The van der Waals surface area contributed by atoms with Gasteiger partial charge in [-0.25, -0.2) is 4.98 Å². The molecule has 0 spiro atoms. The van der Waals surface area contributed by atoms with Crippen LogP contribution in [0.4, 0.5) is 0 Å². The summed E-state index contributed by atoms with van der Waals surface area (Å²) in [6.45, 7) is 1.94. The average Bonchev–Trinajstić information content (AvgIpc) is 2.34. The van der Waals surface area contributed by atoms with Gasteiger partial charge in [-0.15, -0.1) is 0 Å². The first-order valence-electron chi connectivity index (χ1n) is 5.00. The van der Waals surface area contributed by atoms with E-state index in [2.05, 4.69) is 9.97 Å². The second kappa shape index (κ2) is 6.61. The number of ketones is 1. The normalized spacial score (nSPS) is 10.8. The Balaban J connectivity index is 3.22. The SMILES string of the molecule is CC/C=C/C(=O)c1c(Cl)nc(SC)nc1OC. The molecule has 0 radical (unpaired) electrons. The van der Waals surface area contributed by atoms with Crippen LogP contribution in [0.3, 0.4) is 0 Å². The molecule has 1 aromatic rings. The number of methoxy groups -OCH3 is 1. The molecule has 0 aliphatic heterocycles. The van der Waals surface area contributed by atoms with Crippen LogP contribution in [0.25, 0.3) is 0 Å². The lowest BCUT2D eigenvalue weighted by Gasteiger charge is -2.07. The van der Waals surface area contributed by atoms with E-state index >= 15 is 0 Å². The lowest BCUT2D eigenvalue weighted by Crippen LogP contribution is -2.05. The van der Waals surface area contributed by atoms with Crippen molar-refractivity contribution in [1.29, 1.82) is 0 Å². The van der Waals surface area contributed by atoms with Gasteiger partial charge in [0.15, 0.2) is 10.9 Å². The summed E-state index contributed by atoms with van der Waals surface area (Å²) in [5.74, 6) is -0.0403. The van der Waals surface area contributed by atoms with Crippen molar-refractivity contribution in [2.24, 2.45) is 0 Å². The zero-order valence-electron chi connectivity index (χ0n) is 9.86. The van der Waals surface area contributed by atoms with E-state index in [1.807, 2.05) is 13.2 Å². The van der Waals surface area contributed by atoms with E-state index in [4.69, 9.17) is 16.3 Å². The molecule has 0 unspecified atom stereocenters. The van der Waals surface area contributed by atoms with Crippen LogP contribution in [0.15, 0.2) is 17.3 Å². The smallest absolute Gasteiger partial charge is 0.230 e. The Morgan fingerprint density at radius 2 is 2.24 bits per heavy atom. The van der Waals surface area contributed by atoms with Gasteiger partial charge < -0.3 is 4.74 Å². The Bertz CT molecular complexity index is 449. The van der Waals surface area contributed by atoms with Crippen molar-refractivity contribution in [3.05, 3.63) is 22.9 Å². The first-order valence-corrected chi connectivity index (χ1v) is 6.60. The third-order valence-corrected chi connectivity index (χ3v) is 2.76. The molecule has 0 aliphatic carbocycles. The maximum Gasteiger partial charge on any atom is 0.230 e. The quantitative estimate of drug-likeness (QED) is 0.271. The largest absolute Gasteiger partial charge is 0.480 e. The van der Waals surface area contributed by atoms with E-state index in [1.165, 1.54) is 24.9 Å². The molecule has 1 aromatic heterocycles. The fourth-order valence-electron chi connectivity index (χ4n) is 1.15. The van der Waals surface area contributed by atoms with Crippen LogP contribution in [-0.2, 0) is 0 Å². The number of halogens is 1. The van der Waals surface area contributed by atoms with Crippen molar-refractivity contribution in [3.63, 3.8) is 0 Å². The summed E-state index contributed by atoms with van der Waals surface area (Å²) in [7, 11) is 1.45. The molecule has 0 atom stereocenters. The van der Waals surface area contributed by atoms with Crippen LogP contribution in [0.1, 0.15) is 23.7 Å². The second-order valence-corrected chi connectivity index (χ2v) is 4.19. The minimum atomic E-state index is -0.249. The number of hydrogen-bond acceptors (Lipinski definition) is 5. The van der Waals surface area contributed by atoms with Crippen LogP contribution in [0.5, 0.6) is 5.88 Å². The number of nitrogens with zero attached hydrogens (tertiary/aromatic N) is 2. The number of allylic oxidation sites excluding steroid dienone is 2. The molecule has 0 saturated carbocycles. The summed E-state index contributed by atoms with van der Waals surface area (Å²) in [5.41, 5.74) is 0.205. The summed E-state index contributed by atoms with van der Waals surface area (Å²) in [6.07, 6.45) is 5.80. The summed E-state index contributed by atoms with van der Waals surface area (Å²) in [5, 5.41) is 0.592. The number of aromatic nitrogens is 2. The van der Waals surface area contributed by atoms with Gasteiger partial charge in [-0.2, -0.15) is 4.98 Å². The topological polar surface area (TPSA) is 52.1 Å². The Morgan fingerprint density at radius 3 is 2.76 bits per heavy atom. The minimum absolute atomic E-state index is 0.118. The molecule has 17 heavy (non-hydrogen) atoms. The van der Waals surface area contributed by atoms with Crippen LogP contribution >= 0.6 is 23.4 Å². The fourth-order valence-corrected chi connectivity index (χ4v) is 1.81. The standard InChI is InChI=1S/C11H13ClN2O2S/c1-4-5-6-7(15)8-9(12)13-11(17-3)14-10(8)16-2/h5-6H,4H2,1-3H3/b6-5+. The zero-order chi connectivity index (χ0) is 12.8. The predicted molar refractivity (Wildman–Crippen MR) is 69.1 cm³/mol. The minimum Gasteiger partial charge on any atom is -0.480 e. The van der Waals surface area contributed by atoms with Gasteiger partial charge in [0.1, 0.15) is 10.7 Å². The van der Waals surface area contributed by atoms with Crippen molar-refractivity contribution in [3.8, 4) is 5.88 Å². The molecule has 0 aliphatic rings. The second-order valence-electron chi connectivity index (χ2n) is 3.06. The van der Waals surface area contributed by atoms with Crippen molar-refractivity contribution in [1.82, 2.24) is 9.97 Å². The van der Waals surface area contributed by atoms with Crippen LogP contribution in [0.2, 0.25) is 5.15 Å². The summed E-state index contributed by atoms with van der Waals surface area (Å²) >= 11 is 7.30.